The molecule has 0 aromatic heterocycles. The van der Waals surface area contributed by atoms with Gasteiger partial charge in [0.15, 0.2) is 0 Å². The monoisotopic (exact) mass is 356 g/mol. The lowest BCUT2D eigenvalue weighted by Crippen LogP contribution is -2.59. The predicted molar refractivity (Wildman–Crippen MR) is 98.8 cm³/mol. The Morgan fingerprint density at radius 3 is 2.69 bits per heavy atom. The molecule has 0 unspecified atom stereocenters. The van der Waals surface area contributed by atoms with E-state index in [2.05, 4.69) is 46.1 Å². The third-order valence-electron chi connectivity index (χ3n) is 6.74. The summed E-state index contributed by atoms with van der Waals surface area (Å²) in [6.45, 7) is 5.85. The molecule has 5 nitrogen and oxygen atoms in total. The number of carbonyl (C=O) groups is 2. The molecule has 0 radical (unpaired) electrons. The van der Waals surface area contributed by atoms with Gasteiger partial charge in [0.25, 0.3) is 0 Å². The number of fused-ring (bicyclic) bond motifs is 1. The van der Waals surface area contributed by atoms with Gasteiger partial charge in [-0.2, -0.15) is 0 Å². The van der Waals surface area contributed by atoms with E-state index in [0.717, 1.165) is 19.5 Å². The number of rotatable bonds is 3. The highest BCUT2D eigenvalue weighted by atomic mass is 16.5. The van der Waals surface area contributed by atoms with Crippen LogP contribution in [0, 0.1) is 18.8 Å². The number of methoxy groups -OCH3 is 1. The van der Waals surface area contributed by atoms with Crippen molar-refractivity contribution in [3.05, 3.63) is 35.4 Å². The highest BCUT2D eigenvalue weighted by Gasteiger charge is 2.58. The number of carbonyl (C=O) groups excluding carboxylic acids is 2. The number of hydrogen-bond donors (Lipinski definition) is 1. The van der Waals surface area contributed by atoms with Crippen molar-refractivity contribution in [1.82, 2.24) is 10.2 Å². The lowest BCUT2D eigenvalue weighted by atomic mass is 9.68. The molecule has 2 saturated carbocycles. The van der Waals surface area contributed by atoms with Crippen LogP contribution in [-0.4, -0.2) is 42.6 Å². The molecule has 1 aromatic carbocycles. The Bertz CT molecular complexity index is 741. The van der Waals surface area contributed by atoms with Crippen molar-refractivity contribution in [2.75, 3.05) is 20.2 Å². The van der Waals surface area contributed by atoms with Crippen molar-refractivity contribution in [2.24, 2.45) is 11.8 Å². The van der Waals surface area contributed by atoms with Crippen LogP contribution in [0.15, 0.2) is 24.3 Å². The summed E-state index contributed by atoms with van der Waals surface area (Å²) in [5, 5.41) is 2.85. The minimum Gasteiger partial charge on any atom is -0.453 e. The van der Waals surface area contributed by atoms with Crippen LogP contribution in [-0.2, 0) is 14.9 Å². The molecule has 140 valence electrons. The highest BCUT2D eigenvalue weighted by molar-refractivity contribution is 5.81. The number of nitrogens with zero attached hydrogens (tertiary/aromatic N) is 1. The van der Waals surface area contributed by atoms with Gasteiger partial charge in [-0.25, -0.2) is 4.79 Å². The number of nitrogens with one attached hydrogen (secondary N) is 1. The minimum absolute atomic E-state index is 0.0300. The van der Waals surface area contributed by atoms with Gasteiger partial charge in [0.1, 0.15) is 0 Å². The lowest BCUT2D eigenvalue weighted by molar-refractivity contribution is -0.142. The number of hydrogen-bond acceptors (Lipinski definition) is 3. The van der Waals surface area contributed by atoms with E-state index in [1.807, 2.05) is 6.92 Å². The fraction of sp³-hybridized carbons (Fsp3) is 0.619. The maximum Gasteiger partial charge on any atom is 0.407 e. The number of amides is 2. The number of benzene rings is 1. The second kappa shape index (κ2) is 6.00. The number of aryl methyl sites for hydroxylation is 1. The second-order valence-electron chi connectivity index (χ2n) is 8.74. The van der Waals surface area contributed by atoms with Gasteiger partial charge in [0.2, 0.25) is 5.91 Å². The van der Waals surface area contributed by atoms with Crippen molar-refractivity contribution in [3.63, 3.8) is 0 Å². The molecule has 1 aliphatic heterocycles. The standard InChI is InChI=1S/C21H28N2O3/c1-14-5-4-6-16(9-14)21-7-8-23(13-17(21)12-21)18(24)15-10-20(2,11-15)22-19(25)26-3/h4-6,9,15,17H,7-8,10-13H2,1-3H3,(H,22,25)/t15?,17-,20?,21-/m0/s1. The number of alkyl carbamates (subject to hydrolysis) is 1. The molecule has 0 spiro atoms. The fourth-order valence-electron chi connectivity index (χ4n) is 5.13. The molecule has 1 heterocycles. The van der Waals surface area contributed by atoms with E-state index < -0.39 is 6.09 Å². The van der Waals surface area contributed by atoms with E-state index >= 15 is 0 Å². The summed E-state index contributed by atoms with van der Waals surface area (Å²) in [5.41, 5.74) is 2.76. The topological polar surface area (TPSA) is 58.6 Å². The zero-order valence-electron chi connectivity index (χ0n) is 15.9. The van der Waals surface area contributed by atoms with Gasteiger partial charge in [0.05, 0.1) is 7.11 Å². The van der Waals surface area contributed by atoms with Crippen molar-refractivity contribution in [1.29, 1.82) is 0 Å². The van der Waals surface area contributed by atoms with Gasteiger partial charge in [-0.15, -0.1) is 0 Å². The van der Waals surface area contributed by atoms with Crippen molar-refractivity contribution in [3.8, 4) is 0 Å². The Morgan fingerprint density at radius 1 is 1.27 bits per heavy atom. The van der Waals surface area contributed by atoms with Crippen LogP contribution >= 0.6 is 0 Å². The van der Waals surface area contributed by atoms with Gasteiger partial charge in [-0.05, 0) is 51.0 Å². The first kappa shape index (κ1) is 17.4. The summed E-state index contributed by atoms with van der Waals surface area (Å²) in [7, 11) is 1.36. The Labute approximate surface area is 155 Å². The van der Waals surface area contributed by atoms with E-state index in [9.17, 15) is 9.59 Å². The molecule has 1 aromatic rings. The zero-order valence-corrected chi connectivity index (χ0v) is 15.9. The average Bonchev–Trinajstić information content (AvgIpc) is 3.33. The average molecular weight is 356 g/mol. The summed E-state index contributed by atoms with van der Waals surface area (Å²) in [6.07, 6.45) is 3.25. The summed E-state index contributed by atoms with van der Waals surface area (Å²) in [4.78, 5) is 26.3. The second-order valence-corrected chi connectivity index (χ2v) is 8.74. The molecule has 0 bridgehead atoms. The van der Waals surface area contributed by atoms with Crippen LogP contribution in [0.1, 0.15) is 43.7 Å². The highest BCUT2D eigenvalue weighted by Crippen LogP contribution is 2.59. The molecule has 3 fully saturated rings. The van der Waals surface area contributed by atoms with Crippen molar-refractivity contribution in [2.45, 2.75) is 50.5 Å². The molecule has 3 aliphatic rings. The molecule has 4 rings (SSSR count). The molecule has 2 amide bonds. The van der Waals surface area contributed by atoms with E-state index in [1.165, 1.54) is 24.7 Å². The fourth-order valence-corrected chi connectivity index (χ4v) is 5.13. The van der Waals surface area contributed by atoms with E-state index in [-0.39, 0.29) is 17.4 Å². The van der Waals surface area contributed by atoms with Gasteiger partial charge in [-0.3, -0.25) is 4.79 Å². The summed E-state index contributed by atoms with van der Waals surface area (Å²) in [6, 6.07) is 8.86. The summed E-state index contributed by atoms with van der Waals surface area (Å²) in [5.74, 6) is 0.892. The Balaban J connectivity index is 1.34. The molecule has 1 N–H and O–H groups in total. The minimum atomic E-state index is -0.419. The quantitative estimate of drug-likeness (QED) is 0.906. The van der Waals surface area contributed by atoms with Crippen LogP contribution < -0.4 is 5.32 Å². The van der Waals surface area contributed by atoms with Crippen molar-refractivity contribution < 1.29 is 14.3 Å². The van der Waals surface area contributed by atoms with Crippen LogP contribution in [0.5, 0.6) is 0 Å². The summed E-state index contributed by atoms with van der Waals surface area (Å²) < 4.78 is 4.67. The Kier molecular flexibility index (Phi) is 4.01. The number of likely N-dealkylation sites (tertiary alicyclic amines) is 1. The van der Waals surface area contributed by atoms with Crippen LogP contribution in [0.25, 0.3) is 0 Å². The maximum atomic E-state index is 12.9. The van der Waals surface area contributed by atoms with Crippen LogP contribution in [0.3, 0.4) is 0 Å². The Hall–Kier alpha value is -2.04. The summed E-state index contributed by atoms with van der Waals surface area (Å²) >= 11 is 0. The molecule has 1 saturated heterocycles. The van der Waals surface area contributed by atoms with Crippen LogP contribution in [0.2, 0.25) is 0 Å². The zero-order chi connectivity index (χ0) is 18.5. The van der Waals surface area contributed by atoms with E-state index in [4.69, 9.17) is 0 Å². The van der Waals surface area contributed by atoms with Crippen molar-refractivity contribution >= 4 is 12.0 Å². The molecular formula is C21H28N2O3. The maximum absolute atomic E-state index is 12.9. The van der Waals surface area contributed by atoms with Gasteiger partial charge < -0.3 is 15.0 Å². The SMILES string of the molecule is COC(=O)NC1(C)CC(C(=O)N2CC[C@@]3(c4cccc(C)c4)C[C@H]3C2)C1. The Morgan fingerprint density at radius 2 is 2.04 bits per heavy atom. The number of piperidine rings is 1. The molecular weight excluding hydrogens is 328 g/mol. The van der Waals surface area contributed by atoms with E-state index in [0.29, 0.717) is 24.2 Å². The van der Waals surface area contributed by atoms with Gasteiger partial charge >= 0.3 is 6.09 Å². The first-order chi connectivity index (χ1) is 12.3. The molecule has 26 heavy (non-hydrogen) atoms. The molecule has 2 atom stereocenters. The first-order valence-corrected chi connectivity index (χ1v) is 9.57. The largest absolute Gasteiger partial charge is 0.453 e. The third kappa shape index (κ3) is 2.87. The lowest BCUT2D eigenvalue weighted by Gasteiger charge is -2.46. The predicted octanol–water partition coefficient (Wildman–Crippen LogP) is 3.01. The molecule has 5 heteroatoms. The van der Waals surface area contributed by atoms with E-state index in [1.54, 1.807) is 0 Å². The smallest absolute Gasteiger partial charge is 0.407 e. The van der Waals surface area contributed by atoms with Gasteiger partial charge in [0, 0.05) is 30.0 Å². The van der Waals surface area contributed by atoms with Crippen LogP contribution in [0.4, 0.5) is 4.79 Å². The third-order valence-corrected chi connectivity index (χ3v) is 6.74. The first-order valence-electron chi connectivity index (χ1n) is 9.57. The number of ether oxygens (including phenoxy) is 1. The van der Waals surface area contributed by atoms with Gasteiger partial charge in [-0.1, -0.05) is 29.8 Å². The molecule has 2 aliphatic carbocycles. The normalized spacial score (nSPS) is 35.1.